The molecule has 240 valence electrons. The summed E-state index contributed by atoms with van der Waals surface area (Å²) in [6.07, 6.45) is 5.83. The fourth-order valence-electron chi connectivity index (χ4n) is 6.88. The zero-order valence-corrected chi connectivity index (χ0v) is 27.6. The van der Waals surface area contributed by atoms with Crippen LogP contribution in [0.1, 0.15) is 110 Å². The average Bonchev–Trinajstić information content (AvgIpc) is 3.28. The van der Waals surface area contributed by atoms with Crippen molar-refractivity contribution in [3.63, 3.8) is 0 Å². The summed E-state index contributed by atoms with van der Waals surface area (Å²) in [6.45, 7) is 11.4. The second kappa shape index (κ2) is 12.6. The minimum absolute atomic E-state index is 0.139. The number of aromatic nitrogens is 3. The normalized spacial score (nSPS) is 17.5. The van der Waals surface area contributed by atoms with Crippen LogP contribution in [0.25, 0.3) is 16.9 Å². The molecule has 1 aliphatic heterocycles. The summed E-state index contributed by atoms with van der Waals surface area (Å²) in [7, 11) is 0. The maximum Gasteiger partial charge on any atom is 0.208 e. The van der Waals surface area contributed by atoms with Gasteiger partial charge in [-0.25, -0.2) is 13.9 Å². The Kier molecular flexibility index (Phi) is 8.68. The molecule has 46 heavy (non-hydrogen) atoms. The Balaban J connectivity index is 1.49. The Morgan fingerprint density at radius 2 is 1.85 bits per heavy atom. The molecule has 7 nitrogen and oxygen atoms in total. The number of allylic oxidation sites excluding steroid dienone is 2. The van der Waals surface area contributed by atoms with Gasteiger partial charge in [0.05, 0.1) is 17.9 Å². The van der Waals surface area contributed by atoms with Gasteiger partial charge in [-0.05, 0) is 109 Å². The van der Waals surface area contributed by atoms with E-state index in [0.29, 0.717) is 53.5 Å². The molecule has 8 heteroatoms. The number of benzene rings is 2. The summed E-state index contributed by atoms with van der Waals surface area (Å²) in [5.74, 6) is -0.157. The molecule has 2 atom stereocenters. The van der Waals surface area contributed by atoms with Gasteiger partial charge in [0.25, 0.3) is 0 Å². The van der Waals surface area contributed by atoms with Crippen molar-refractivity contribution in [3.05, 3.63) is 93.6 Å². The van der Waals surface area contributed by atoms with Crippen LogP contribution in [0.3, 0.4) is 0 Å². The third kappa shape index (κ3) is 6.15. The molecular formula is C38H42FN3O4. The lowest BCUT2D eigenvalue weighted by atomic mass is 9.90. The number of fused-ring (bicyclic) bond motifs is 2. The summed E-state index contributed by atoms with van der Waals surface area (Å²) in [4.78, 5) is 32.1. The lowest BCUT2D eigenvalue weighted by Crippen LogP contribution is -2.28. The van der Waals surface area contributed by atoms with Gasteiger partial charge in [-0.2, -0.15) is 5.10 Å². The van der Waals surface area contributed by atoms with Gasteiger partial charge in [-0.1, -0.05) is 36.4 Å². The number of Topliss-reactive ketones (excluding diaryl/α,β-unsaturated/α-hetero) is 2. The molecule has 0 radical (unpaired) electrons. The lowest BCUT2D eigenvalue weighted by Gasteiger charge is -2.29. The number of nitrogens with zero attached hydrogens (tertiary/aromatic N) is 3. The molecule has 2 unspecified atom stereocenters. The van der Waals surface area contributed by atoms with E-state index in [0.717, 1.165) is 42.4 Å². The Labute approximate surface area is 269 Å². The molecular weight excluding hydrogens is 581 g/mol. The maximum absolute atomic E-state index is 15.7. The summed E-state index contributed by atoms with van der Waals surface area (Å²) >= 11 is 0. The number of rotatable bonds is 7. The van der Waals surface area contributed by atoms with Gasteiger partial charge in [0.2, 0.25) is 5.78 Å². The second-order valence-electron chi connectivity index (χ2n) is 13.6. The predicted octanol–water partition coefficient (Wildman–Crippen LogP) is 8.39. The fraction of sp³-hybridized carbons (Fsp3) is 0.421. The van der Waals surface area contributed by atoms with Crippen molar-refractivity contribution in [2.24, 2.45) is 0 Å². The van der Waals surface area contributed by atoms with Crippen LogP contribution in [0.15, 0.2) is 54.1 Å². The third-order valence-corrected chi connectivity index (χ3v) is 9.09. The van der Waals surface area contributed by atoms with E-state index >= 15 is 4.39 Å². The third-order valence-electron chi connectivity index (χ3n) is 9.09. The molecule has 3 heterocycles. The quantitative estimate of drug-likeness (QED) is 0.192. The topological polar surface area (TPSA) is 82.8 Å². The molecule has 0 N–H and O–H groups in total. The summed E-state index contributed by atoms with van der Waals surface area (Å²) in [5.41, 5.74) is 5.86. The van der Waals surface area contributed by atoms with E-state index in [1.54, 1.807) is 10.6 Å². The largest absolute Gasteiger partial charge is 0.490 e. The fourth-order valence-corrected chi connectivity index (χ4v) is 6.88. The molecule has 0 bridgehead atoms. The highest BCUT2D eigenvalue weighted by Gasteiger charge is 2.33. The molecule has 1 aliphatic carbocycles. The Hall–Kier alpha value is -4.17. The zero-order chi connectivity index (χ0) is 32.7. The maximum atomic E-state index is 15.7. The van der Waals surface area contributed by atoms with Crippen molar-refractivity contribution < 1.29 is 23.5 Å². The number of carbonyl (C=O) groups excluding carboxylic acids is 2. The van der Waals surface area contributed by atoms with E-state index in [2.05, 4.69) is 24.3 Å². The van der Waals surface area contributed by atoms with Crippen molar-refractivity contribution in [2.75, 3.05) is 6.61 Å². The SMILES string of the molecule is CC(=O)C(OC(C)(C)C)c1c(C)nc2cc(C(=O)C3=CCCC(c4ccccc4)CC3)nn2c1-c1cc(F)c2c(c1C)CCCO2. The van der Waals surface area contributed by atoms with E-state index < -0.39 is 17.5 Å². The first kappa shape index (κ1) is 31.8. The molecule has 4 aromatic rings. The first-order valence-electron chi connectivity index (χ1n) is 16.2. The summed E-state index contributed by atoms with van der Waals surface area (Å²) in [6, 6.07) is 13.6. The van der Waals surface area contributed by atoms with E-state index in [4.69, 9.17) is 19.6 Å². The molecule has 2 aromatic carbocycles. The highest BCUT2D eigenvalue weighted by atomic mass is 19.1. The molecule has 2 aliphatic rings. The molecule has 2 aromatic heterocycles. The lowest BCUT2D eigenvalue weighted by molar-refractivity contribution is -0.138. The van der Waals surface area contributed by atoms with Crippen LogP contribution < -0.4 is 4.74 Å². The van der Waals surface area contributed by atoms with Crippen molar-refractivity contribution in [1.82, 2.24) is 14.6 Å². The van der Waals surface area contributed by atoms with Crippen LogP contribution in [0, 0.1) is 19.7 Å². The molecule has 0 spiro atoms. The van der Waals surface area contributed by atoms with Crippen LogP contribution in [0.5, 0.6) is 5.75 Å². The highest BCUT2D eigenvalue weighted by molar-refractivity contribution is 6.08. The van der Waals surface area contributed by atoms with Gasteiger partial charge in [0, 0.05) is 28.5 Å². The molecule has 6 rings (SSSR count). The van der Waals surface area contributed by atoms with Crippen LogP contribution in [-0.4, -0.2) is 38.4 Å². The first-order chi connectivity index (χ1) is 21.9. The van der Waals surface area contributed by atoms with Gasteiger partial charge >= 0.3 is 0 Å². The van der Waals surface area contributed by atoms with Crippen molar-refractivity contribution in [2.45, 2.75) is 97.7 Å². The van der Waals surface area contributed by atoms with Crippen molar-refractivity contribution in [1.29, 1.82) is 0 Å². The molecule has 0 saturated heterocycles. The number of carbonyl (C=O) groups is 2. The minimum atomic E-state index is -0.982. The Morgan fingerprint density at radius 1 is 1.09 bits per heavy atom. The number of hydrogen-bond donors (Lipinski definition) is 0. The number of halogens is 1. The van der Waals surface area contributed by atoms with Gasteiger partial charge in [0.1, 0.15) is 11.8 Å². The monoisotopic (exact) mass is 623 g/mol. The van der Waals surface area contributed by atoms with E-state index in [1.807, 2.05) is 46.8 Å². The number of aryl methyl sites for hydroxylation is 1. The van der Waals surface area contributed by atoms with Crippen LogP contribution >= 0.6 is 0 Å². The molecule has 0 saturated carbocycles. The summed E-state index contributed by atoms with van der Waals surface area (Å²) < 4.78 is 29.4. The van der Waals surface area contributed by atoms with E-state index in [-0.39, 0.29) is 23.0 Å². The smallest absolute Gasteiger partial charge is 0.208 e. The average molecular weight is 624 g/mol. The van der Waals surface area contributed by atoms with Gasteiger partial charge in [-0.15, -0.1) is 0 Å². The van der Waals surface area contributed by atoms with E-state index in [9.17, 15) is 9.59 Å². The highest BCUT2D eigenvalue weighted by Crippen LogP contribution is 2.42. The minimum Gasteiger partial charge on any atom is -0.490 e. The predicted molar refractivity (Wildman–Crippen MR) is 176 cm³/mol. The van der Waals surface area contributed by atoms with Crippen LogP contribution in [-0.2, 0) is 16.0 Å². The Bertz CT molecular complexity index is 1850. The van der Waals surface area contributed by atoms with Crippen LogP contribution in [0.4, 0.5) is 4.39 Å². The van der Waals surface area contributed by atoms with Gasteiger partial charge < -0.3 is 9.47 Å². The number of hydrogen-bond acceptors (Lipinski definition) is 6. The van der Waals surface area contributed by atoms with Crippen molar-refractivity contribution in [3.8, 4) is 17.0 Å². The standard InChI is InChI=1S/C38H42FN3O4/c1-22-28-16-11-19-45-37(28)30(39)20-29(22)34-33(36(24(3)43)46-38(4,5)6)23(2)40-32-21-31(41-42(32)34)35(44)27-15-10-14-26(17-18-27)25-12-8-7-9-13-25/h7-9,12-13,15,20-21,26,36H,10-11,14,16-19H2,1-6H3. The molecule has 0 fully saturated rings. The van der Waals surface area contributed by atoms with Crippen molar-refractivity contribution >= 4 is 17.2 Å². The van der Waals surface area contributed by atoms with Crippen LogP contribution in [0.2, 0.25) is 0 Å². The van der Waals surface area contributed by atoms with Gasteiger partial charge in [-0.3, -0.25) is 9.59 Å². The zero-order valence-electron chi connectivity index (χ0n) is 27.6. The number of ether oxygens (including phenoxy) is 2. The van der Waals surface area contributed by atoms with Gasteiger partial charge in [0.15, 0.2) is 23.0 Å². The first-order valence-corrected chi connectivity index (χ1v) is 16.2. The number of ketones is 2. The second-order valence-corrected chi connectivity index (χ2v) is 13.6. The Morgan fingerprint density at radius 3 is 2.57 bits per heavy atom. The van der Waals surface area contributed by atoms with E-state index in [1.165, 1.54) is 18.6 Å². The molecule has 0 amide bonds. The summed E-state index contributed by atoms with van der Waals surface area (Å²) in [5, 5.41) is 4.84.